The Morgan fingerprint density at radius 2 is 1.72 bits per heavy atom. The average molecular weight is 599 g/mol. The minimum absolute atomic E-state index is 0.112. The van der Waals surface area contributed by atoms with Gasteiger partial charge in [-0.2, -0.15) is 0 Å². The number of ether oxygens (including phenoxy) is 1. The third-order valence-electron chi connectivity index (χ3n) is 6.00. The van der Waals surface area contributed by atoms with E-state index in [2.05, 4.69) is 33.2 Å². The van der Waals surface area contributed by atoms with Crippen LogP contribution in [0.2, 0.25) is 0 Å². The molecule has 8 nitrogen and oxygen atoms in total. The Morgan fingerprint density at radius 1 is 1.06 bits per heavy atom. The number of aliphatic hydroxyl groups is 1. The molecule has 1 aliphatic heterocycles. The number of hydrogen-bond acceptors (Lipinski definition) is 5. The number of hydrogen-bond donors (Lipinski definition) is 3. The molecule has 3 aromatic rings. The molecule has 1 saturated heterocycles. The highest BCUT2D eigenvalue weighted by atomic mass is 127. The third-order valence-corrected chi connectivity index (χ3v) is 6.72. The molecule has 1 heterocycles. The van der Waals surface area contributed by atoms with Gasteiger partial charge in [0.25, 0.3) is 5.91 Å². The zero-order valence-electron chi connectivity index (χ0n) is 19.6. The summed E-state index contributed by atoms with van der Waals surface area (Å²) in [5, 5.41) is 14.5. The molecule has 4 amide bonds. The molecule has 4 rings (SSSR count). The highest BCUT2D eigenvalue weighted by Crippen LogP contribution is 2.31. The summed E-state index contributed by atoms with van der Waals surface area (Å²) >= 11 is 2.18. The summed E-state index contributed by atoms with van der Waals surface area (Å²) in [5.74, 6) is -0.884. The highest BCUT2D eigenvalue weighted by molar-refractivity contribution is 14.1. The molecular weight excluding hydrogens is 573 g/mol. The van der Waals surface area contributed by atoms with E-state index in [4.69, 9.17) is 9.84 Å². The van der Waals surface area contributed by atoms with Crippen molar-refractivity contribution in [3.8, 4) is 5.75 Å². The second-order valence-electron chi connectivity index (χ2n) is 8.37. The number of nitrogens with one attached hydrogen (secondary N) is 2. The molecule has 9 heteroatoms. The van der Waals surface area contributed by atoms with Crippen LogP contribution in [0.1, 0.15) is 30.0 Å². The molecule has 186 valence electrons. The zero-order valence-corrected chi connectivity index (χ0v) is 21.7. The van der Waals surface area contributed by atoms with Crippen LogP contribution >= 0.6 is 22.6 Å². The minimum atomic E-state index is -1.07. The minimum Gasteiger partial charge on any atom is -0.491 e. The molecule has 3 N–H and O–H groups in total. The van der Waals surface area contributed by atoms with Crippen molar-refractivity contribution in [1.29, 1.82) is 0 Å². The van der Waals surface area contributed by atoms with Crippen LogP contribution in [0, 0.1) is 3.57 Å². The van der Waals surface area contributed by atoms with Crippen molar-refractivity contribution >= 4 is 46.1 Å². The van der Waals surface area contributed by atoms with E-state index in [9.17, 15) is 14.4 Å². The molecule has 0 bridgehead atoms. The van der Waals surface area contributed by atoms with Gasteiger partial charge in [0.2, 0.25) is 5.91 Å². The molecule has 1 aliphatic rings. The third kappa shape index (κ3) is 5.68. The molecule has 3 aromatic carbocycles. The van der Waals surface area contributed by atoms with Crippen molar-refractivity contribution in [2.24, 2.45) is 0 Å². The summed E-state index contributed by atoms with van der Waals surface area (Å²) in [5.41, 5.74) is 1.97. The fraction of sp³-hybridized carbons (Fsp3) is 0.222. The first-order chi connectivity index (χ1) is 17.4. The van der Waals surface area contributed by atoms with Crippen molar-refractivity contribution in [2.75, 3.05) is 18.5 Å². The van der Waals surface area contributed by atoms with Crippen LogP contribution in [0.3, 0.4) is 0 Å². The van der Waals surface area contributed by atoms with Gasteiger partial charge in [0.05, 0.1) is 6.61 Å². The molecule has 36 heavy (non-hydrogen) atoms. The number of amides is 4. The van der Waals surface area contributed by atoms with Crippen molar-refractivity contribution in [3.05, 3.63) is 93.6 Å². The lowest BCUT2D eigenvalue weighted by molar-refractivity contribution is -0.134. The summed E-state index contributed by atoms with van der Waals surface area (Å²) in [6, 6.07) is 20.7. The average Bonchev–Trinajstić information content (AvgIpc) is 3.18. The van der Waals surface area contributed by atoms with Crippen LogP contribution in [-0.4, -0.2) is 47.1 Å². The molecule has 1 unspecified atom stereocenters. The lowest BCUT2D eigenvalue weighted by Gasteiger charge is -2.30. The molecular formula is C27H26IN3O5. The van der Waals surface area contributed by atoms with E-state index in [1.807, 2.05) is 49.4 Å². The van der Waals surface area contributed by atoms with E-state index in [1.165, 1.54) is 0 Å². The van der Waals surface area contributed by atoms with E-state index >= 15 is 0 Å². The fourth-order valence-electron chi connectivity index (χ4n) is 4.16. The second-order valence-corrected chi connectivity index (χ2v) is 9.62. The van der Waals surface area contributed by atoms with Crippen molar-refractivity contribution in [1.82, 2.24) is 10.2 Å². The van der Waals surface area contributed by atoms with Gasteiger partial charge in [-0.25, -0.2) is 9.69 Å². The van der Waals surface area contributed by atoms with Crippen LogP contribution in [-0.2, 0) is 9.59 Å². The number of urea groups is 1. The number of rotatable bonds is 9. The number of nitrogens with zero attached hydrogens (tertiary/aromatic N) is 1. The predicted octanol–water partition coefficient (Wildman–Crippen LogP) is 4.07. The van der Waals surface area contributed by atoms with Gasteiger partial charge in [0.15, 0.2) is 0 Å². The smallest absolute Gasteiger partial charge is 0.325 e. The van der Waals surface area contributed by atoms with Crippen LogP contribution in [0.4, 0.5) is 10.5 Å². The van der Waals surface area contributed by atoms with Gasteiger partial charge in [-0.1, -0.05) is 49.4 Å². The monoisotopic (exact) mass is 599 g/mol. The number of imide groups is 1. The van der Waals surface area contributed by atoms with Crippen LogP contribution in [0.15, 0.2) is 78.9 Å². The van der Waals surface area contributed by atoms with Gasteiger partial charge in [-0.3, -0.25) is 9.59 Å². The molecule has 0 spiro atoms. The van der Waals surface area contributed by atoms with E-state index in [-0.39, 0.29) is 13.2 Å². The Balaban J connectivity index is 1.62. The Kier molecular flexibility index (Phi) is 8.21. The maximum atomic E-state index is 13.6. The van der Waals surface area contributed by atoms with Crippen LogP contribution < -0.4 is 15.4 Å². The van der Waals surface area contributed by atoms with Gasteiger partial charge < -0.3 is 20.5 Å². The Morgan fingerprint density at radius 3 is 2.36 bits per heavy atom. The topological polar surface area (TPSA) is 108 Å². The molecule has 0 saturated carbocycles. The summed E-state index contributed by atoms with van der Waals surface area (Å²) in [6.07, 6.45) is 0. The van der Waals surface area contributed by atoms with Gasteiger partial charge in [0, 0.05) is 15.2 Å². The standard InChI is InChI=1S/C27H26IN3O5/c1-17(18-5-3-2-4-6-18)24(25(33)29-21-11-9-20(28)10-12-21)31-26(34)23(30-27(31)35)19-7-13-22(14-8-19)36-16-15-32/h2-14,17,23-24,32H,15-16H2,1H3,(H,29,33)(H,30,35)/t17-,23+,24?/m0/s1. The Labute approximate surface area is 222 Å². The summed E-state index contributed by atoms with van der Waals surface area (Å²) in [4.78, 5) is 41.2. The number of carbonyl (C=O) groups excluding carboxylic acids is 3. The second kappa shape index (κ2) is 11.5. The number of anilines is 1. The van der Waals surface area contributed by atoms with Gasteiger partial charge in [0.1, 0.15) is 24.4 Å². The summed E-state index contributed by atoms with van der Waals surface area (Å²) < 4.78 is 6.39. The predicted molar refractivity (Wildman–Crippen MR) is 144 cm³/mol. The number of benzene rings is 3. The molecule has 0 radical (unpaired) electrons. The Bertz CT molecular complexity index is 1220. The van der Waals surface area contributed by atoms with Crippen molar-refractivity contribution in [3.63, 3.8) is 0 Å². The van der Waals surface area contributed by atoms with Gasteiger partial charge >= 0.3 is 6.03 Å². The van der Waals surface area contributed by atoms with Gasteiger partial charge in [-0.15, -0.1) is 0 Å². The van der Waals surface area contributed by atoms with Crippen molar-refractivity contribution in [2.45, 2.75) is 24.9 Å². The summed E-state index contributed by atoms with van der Waals surface area (Å²) in [6.45, 7) is 1.87. The lowest BCUT2D eigenvalue weighted by Crippen LogP contribution is -2.50. The van der Waals surface area contributed by atoms with E-state index in [0.29, 0.717) is 17.0 Å². The SMILES string of the molecule is C[C@@H](c1ccccc1)C(C(=O)Nc1ccc(I)cc1)N1C(=O)N[C@H](c2ccc(OCCO)cc2)C1=O. The van der Waals surface area contributed by atoms with E-state index < -0.39 is 35.8 Å². The molecule has 0 aliphatic carbocycles. The number of carbonyl (C=O) groups is 3. The Hall–Kier alpha value is -3.44. The lowest BCUT2D eigenvalue weighted by atomic mass is 9.91. The van der Waals surface area contributed by atoms with Crippen molar-refractivity contribution < 1.29 is 24.2 Å². The highest BCUT2D eigenvalue weighted by Gasteiger charge is 2.47. The quantitative estimate of drug-likeness (QED) is 0.254. The van der Waals surface area contributed by atoms with E-state index in [1.54, 1.807) is 36.4 Å². The van der Waals surface area contributed by atoms with Gasteiger partial charge in [-0.05, 0) is 70.1 Å². The molecule has 3 atom stereocenters. The largest absolute Gasteiger partial charge is 0.491 e. The zero-order chi connectivity index (χ0) is 25.7. The number of aliphatic hydroxyl groups excluding tert-OH is 1. The van der Waals surface area contributed by atoms with Crippen LogP contribution in [0.5, 0.6) is 5.75 Å². The van der Waals surface area contributed by atoms with Crippen LogP contribution in [0.25, 0.3) is 0 Å². The molecule has 1 fully saturated rings. The first kappa shape index (κ1) is 25.6. The fourth-order valence-corrected chi connectivity index (χ4v) is 4.52. The molecule has 0 aromatic heterocycles. The maximum Gasteiger partial charge on any atom is 0.325 e. The van der Waals surface area contributed by atoms with E-state index in [0.717, 1.165) is 14.0 Å². The first-order valence-electron chi connectivity index (χ1n) is 11.5. The first-order valence-corrected chi connectivity index (χ1v) is 12.6. The summed E-state index contributed by atoms with van der Waals surface area (Å²) in [7, 11) is 0. The maximum absolute atomic E-state index is 13.6. The number of halogens is 1. The normalized spacial score (nSPS) is 16.9.